The van der Waals surface area contributed by atoms with E-state index in [-0.39, 0.29) is 5.41 Å². The van der Waals surface area contributed by atoms with Crippen molar-refractivity contribution in [3.8, 4) is 17.4 Å². The first-order valence-corrected chi connectivity index (χ1v) is 7.72. The molecule has 5 nitrogen and oxygen atoms in total. The number of halogens is 1. The quantitative estimate of drug-likeness (QED) is 0.803. The monoisotopic (exact) mass is 398 g/mol. The third-order valence-corrected chi connectivity index (χ3v) is 3.98. The Morgan fingerprint density at radius 2 is 1.86 bits per heavy atom. The lowest BCUT2D eigenvalue weighted by Gasteiger charge is -2.21. The molecule has 0 saturated carbocycles. The van der Waals surface area contributed by atoms with Gasteiger partial charge >= 0.3 is 0 Å². The van der Waals surface area contributed by atoms with E-state index in [4.69, 9.17) is 9.72 Å². The summed E-state index contributed by atoms with van der Waals surface area (Å²) >= 11 is 2.28. The molecule has 0 radical (unpaired) electrons. The summed E-state index contributed by atoms with van der Waals surface area (Å²) in [5, 5.41) is 3.13. The molecule has 0 amide bonds. The van der Waals surface area contributed by atoms with Crippen molar-refractivity contribution in [1.29, 1.82) is 0 Å². The molecule has 0 bridgehead atoms. The molecular weight excluding hydrogens is 379 g/mol. The smallest absolute Gasteiger partial charge is 0.213 e. The SMILES string of the molecule is CNc1nc(-c2cccc(OC)n2)nc(C(C)(C)C)c1I. The summed E-state index contributed by atoms with van der Waals surface area (Å²) < 4.78 is 6.21. The van der Waals surface area contributed by atoms with Crippen LogP contribution in [0.4, 0.5) is 5.82 Å². The molecule has 0 aliphatic carbocycles. The summed E-state index contributed by atoms with van der Waals surface area (Å²) in [5.74, 6) is 1.97. The first-order valence-electron chi connectivity index (χ1n) is 6.64. The van der Waals surface area contributed by atoms with Crippen LogP contribution in [-0.2, 0) is 5.41 Å². The maximum absolute atomic E-state index is 5.17. The Morgan fingerprint density at radius 1 is 1.14 bits per heavy atom. The molecule has 2 rings (SSSR count). The molecule has 0 saturated heterocycles. The molecule has 2 aromatic heterocycles. The molecule has 0 spiro atoms. The first-order chi connectivity index (χ1) is 9.86. The average Bonchev–Trinajstić information content (AvgIpc) is 2.46. The average molecular weight is 398 g/mol. The highest BCUT2D eigenvalue weighted by Crippen LogP contribution is 2.31. The van der Waals surface area contributed by atoms with Crippen LogP contribution in [0.5, 0.6) is 5.88 Å². The summed E-state index contributed by atoms with van der Waals surface area (Å²) in [6, 6.07) is 5.58. The molecular formula is C15H19IN4O. The van der Waals surface area contributed by atoms with Gasteiger partial charge in [0.25, 0.3) is 0 Å². The predicted molar refractivity (Wildman–Crippen MR) is 92.8 cm³/mol. The van der Waals surface area contributed by atoms with E-state index in [0.717, 1.165) is 15.1 Å². The van der Waals surface area contributed by atoms with Crippen molar-refractivity contribution in [2.75, 3.05) is 19.5 Å². The Hall–Kier alpha value is -1.44. The lowest BCUT2D eigenvalue weighted by molar-refractivity contribution is 0.398. The van der Waals surface area contributed by atoms with Gasteiger partial charge in [-0.2, -0.15) is 0 Å². The van der Waals surface area contributed by atoms with Gasteiger partial charge in [0.1, 0.15) is 11.5 Å². The minimum Gasteiger partial charge on any atom is -0.481 e. The van der Waals surface area contributed by atoms with Crippen molar-refractivity contribution in [2.24, 2.45) is 0 Å². The Bertz CT molecular complexity index is 653. The number of hydrogen-bond acceptors (Lipinski definition) is 5. The van der Waals surface area contributed by atoms with Crippen molar-refractivity contribution in [3.05, 3.63) is 27.5 Å². The lowest BCUT2D eigenvalue weighted by atomic mass is 9.92. The van der Waals surface area contributed by atoms with Crippen LogP contribution in [0.15, 0.2) is 18.2 Å². The molecule has 6 heteroatoms. The van der Waals surface area contributed by atoms with Gasteiger partial charge in [0.05, 0.1) is 16.4 Å². The van der Waals surface area contributed by atoms with E-state index >= 15 is 0 Å². The summed E-state index contributed by atoms with van der Waals surface area (Å²) in [7, 11) is 3.46. The van der Waals surface area contributed by atoms with Gasteiger partial charge < -0.3 is 10.1 Å². The Morgan fingerprint density at radius 3 is 2.43 bits per heavy atom. The van der Waals surface area contributed by atoms with Gasteiger partial charge in [-0.1, -0.05) is 26.8 Å². The maximum atomic E-state index is 5.17. The van der Waals surface area contributed by atoms with Gasteiger partial charge in [-0.05, 0) is 28.7 Å². The van der Waals surface area contributed by atoms with E-state index in [1.807, 2.05) is 19.2 Å². The number of nitrogens with zero attached hydrogens (tertiary/aromatic N) is 3. The normalized spacial score (nSPS) is 11.3. The molecule has 112 valence electrons. The van der Waals surface area contributed by atoms with E-state index in [2.05, 4.69) is 58.6 Å². The Balaban J connectivity index is 2.63. The molecule has 0 aromatic carbocycles. The zero-order chi connectivity index (χ0) is 15.6. The molecule has 1 N–H and O–H groups in total. The van der Waals surface area contributed by atoms with E-state index < -0.39 is 0 Å². The third kappa shape index (κ3) is 3.42. The second-order valence-electron chi connectivity index (χ2n) is 5.62. The fraction of sp³-hybridized carbons (Fsp3) is 0.400. The summed E-state index contributed by atoms with van der Waals surface area (Å²) in [6.45, 7) is 6.42. The molecule has 0 unspecified atom stereocenters. The van der Waals surface area contributed by atoms with Crippen LogP contribution < -0.4 is 10.1 Å². The highest BCUT2D eigenvalue weighted by Gasteiger charge is 2.23. The van der Waals surface area contributed by atoms with E-state index in [1.165, 1.54) is 0 Å². The van der Waals surface area contributed by atoms with Crippen molar-refractivity contribution >= 4 is 28.4 Å². The molecule has 21 heavy (non-hydrogen) atoms. The van der Waals surface area contributed by atoms with Gasteiger partial charge in [0, 0.05) is 18.5 Å². The van der Waals surface area contributed by atoms with Crippen LogP contribution in [0.3, 0.4) is 0 Å². The Labute approximate surface area is 138 Å². The number of nitrogens with one attached hydrogen (secondary N) is 1. The van der Waals surface area contributed by atoms with Crippen LogP contribution in [0.2, 0.25) is 0 Å². The van der Waals surface area contributed by atoms with Crippen LogP contribution in [0.1, 0.15) is 26.5 Å². The third-order valence-electron chi connectivity index (χ3n) is 2.96. The lowest BCUT2D eigenvalue weighted by Crippen LogP contribution is -2.18. The topological polar surface area (TPSA) is 59.9 Å². The van der Waals surface area contributed by atoms with Gasteiger partial charge in [0.2, 0.25) is 5.88 Å². The highest BCUT2D eigenvalue weighted by atomic mass is 127. The van der Waals surface area contributed by atoms with E-state index in [0.29, 0.717) is 17.4 Å². The second kappa shape index (κ2) is 6.13. The number of rotatable bonds is 3. The number of hydrogen-bond donors (Lipinski definition) is 1. The standard InChI is InChI=1S/C15H19IN4O/c1-15(2,3)12-11(16)14(17-4)20-13(19-12)9-7-6-8-10(18-9)21-5/h6-8H,1-5H3,(H,17,19,20). The number of anilines is 1. The summed E-state index contributed by atoms with van der Waals surface area (Å²) in [4.78, 5) is 13.7. The summed E-state index contributed by atoms with van der Waals surface area (Å²) in [6.07, 6.45) is 0. The summed E-state index contributed by atoms with van der Waals surface area (Å²) in [5.41, 5.74) is 1.63. The molecule has 0 aliphatic rings. The fourth-order valence-electron chi connectivity index (χ4n) is 1.88. The van der Waals surface area contributed by atoms with E-state index in [9.17, 15) is 0 Å². The van der Waals surface area contributed by atoms with Crippen LogP contribution in [-0.4, -0.2) is 29.1 Å². The predicted octanol–water partition coefficient (Wildman–Crippen LogP) is 3.49. The van der Waals surface area contributed by atoms with Crippen LogP contribution in [0.25, 0.3) is 11.5 Å². The second-order valence-corrected chi connectivity index (χ2v) is 6.70. The highest BCUT2D eigenvalue weighted by molar-refractivity contribution is 14.1. The van der Waals surface area contributed by atoms with Gasteiger partial charge in [-0.25, -0.2) is 15.0 Å². The number of ether oxygens (including phenoxy) is 1. The minimum absolute atomic E-state index is 0.0708. The number of aromatic nitrogens is 3. The maximum Gasteiger partial charge on any atom is 0.213 e. The van der Waals surface area contributed by atoms with Gasteiger partial charge in [-0.3, -0.25) is 0 Å². The van der Waals surface area contributed by atoms with Crippen molar-refractivity contribution in [2.45, 2.75) is 26.2 Å². The number of pyridine rings is 1. The minimum atomic E-state index is -0.0708. The number of methoxy groups -OCH3 is 1. The molecule has 2 aromatic rings. The Kier molecular flexibility index (Phi) is 4.65. The zero-order valence-corrected chi connectivity index (χ0v) is 15.0. The first kappa shape index (κ1) is 15.9. The van der Waals surface area contributed by atoms with Crippen molar-refractivity contribution in [1.82, 2.24) is 15.0 Å². The van der Waals surface area contributed by atoms with Crippen molar-refractivity contribution in [3.63, 3.8) is 0 Å². The fourth-order valence-corrected chi connectivity index (χ4v) is 3.20. The largest absolute Gasteiger partial charge is 0.481 e. The molecule has 2 heterocycles. The van der Waals surface area contributed by atoms with Gasteiger partial charge in [-0.15, -0.1) is 0 Å². The van der Waals surface area contributed by atoms with Crippen molar-refractivity contribution < 1.29 is 4.74 Å². The van der Waals surface area contributed by atoms with E-state index in [1.54, 1.807) is 13.2 Å². The molecule has 0 fully saturated rings. The molecule has 0 atom stereocenters. The van der Waals surface area contributed by atoms with Gasteiger partial charge in [0.15, 0.2) is 5.82 Å². The molecule has 0 aliphatic heterocycles. The van der Waals surface area contributed by atoms with Crippen LogP contribution >= 0.6 is 22.6 Å². The zero-order valence-electron chi connectivity index (χ0n) is 12.9. The van der Waals surface area contributed by atoms with Crippen LogP contribution in [0, 0.1) is 3.57 Å².